The standard InChI is InChI=1S/C12H18N4O3/c1-14-8-16(6-4-3-5-7-17)11-9(14)10(18)13-12(19)15(11)2/h7H,3-6,8H2,1-2H3,(H,13,18,19). The molecular formula is C12H18N4O3. The molecule has 0 saturated heterocycles. The van der Waals surface area contributed by atoms with Gasteiger partial charge in [-0.25, -0.2) is 4.79 Å². The van der Waals surface area contributed by atoms with Gasteiger partial charge in [-0.2, -0.15) is 0 Å². The molecule has 19 heavy (non-hydrogen) atoms. The Labute approximate surface area is 110 Å². The summed E-state index contributed by atoms with van der Waals surface area (Å²) >= 11 is 0. The molecule has 7 nitrogen and oxygen atoms in total. The van der Waals surface area contributed by atoms with Crippen molar-refractivity contribution in [2.45, 2.75) is 19.3 Å². The number of carbonyl (C=O) groups excluding carboxylic acids is 1. The fraction of sp³-hybridized carbons (Fsp3) is 0.583. The first-order valence-corrected chi connectivity index (χ1v) is 6.29. The van der Waals surface area contributed by atoms with E-state index in [2.05, 4.69) is 4.98 Å². The summed E-state index contributed by atoms with van der Waals surface area (Å²) in [6.07, 6.45) is 3.12. The highest BCUT2D eigenvalue weighted by Gasteiger charge is 2.28. The zero-order valence-electron chi connectivity index (χ0n) is 11.2. The number of carbonyl (C=O) groups is 1. The number of hydrogen-bond acceptors (Lipinski definition) is 5. The summed E-state index contributed by atoms with van der Waals surface area (Å²) in [6.45, 7) is 1.30. The van der Waals surface area contributed by atoms with Crippen LogP contribution in [-0.4, -0.2) is 36.1 Å². The van der Waals surface area contributed by atoms with Gasteiger partial charge in [-0.15, -0.1) is 0 Å². The highest BCUT2D eigenvalue weighted by molar-refractivity contribution is 5.71. The first-order chi connectivity index (χ1) is 9.06. The van der Waals surface area contributed by atoms with Gasteiger partial charge in [0, 0.05) is 27.1 Å². The zero-order valence-corrected chi connectivity index (χ0v) is 11.2. The molecule has 0 aromatic carbocycles. The number of anilines is 2. The lowest BCUT2D eigenvalue weighted by molar-refractivity contribution is -0.107. The third-order valence-corrected chi connectivity index (χ3v) is 3.33. The Morgan fingerprint density at radius 3 is 2.68 bits per heavy atom. The molecule has 0 saturated carbocycles. The molecule has 0 fully saturated rings. The molecule has 0 aliphatic carbocycles. The Morgan fingerprint density at radius 2 is 2.00 bits per heavy atom. The molecule has 1 N–H and O–H groups in total. The average Bonchev–Trinajstić information content (AvgIpc) is 2.69. The first-order valence-electron chi connectivity index (χ1n) is 6.29. The van der Waals surface area contributed by atoms with E-state index in [0.717, 1.165) is 25.7 Å². The number of unbranched alkanes of at least 4 members (excludes halogenated alkanes) is 2. The van der Waals surface area contributed by atoms with E-state index in [4.69, 9.17) is 0 Å². The Balaban J connectivity index is 2.27. The summed E-state index contributed by atoms with van der Waals surface area (Å²) in [5, 5.41) is 0. The molecule has 104 valence electrons. The average molecular weight is 266 g/mol. The predicted octanol–water partition coefficient (Wildman–Crippen LogP) is -0.343. The molecule has 0 bridgehead atoms. The van der Waals surface area contributed by atoms with Gasteiger partial charge < -0.3 is 14.6 Å². The number of aromatic amines is 1. The largest absolute Gasteiger partial charge is 0.349 e. The maximum Gasteiger partial charge on any atom is 0.329 e. The fourth-order valence-corrected chi connectivity index (χ4v) is 2.40. The van der Waals surface area contributed by atoms with E-state index in [-0.39, 0.29) is 5.56 Å². The second kappa shape index (κ2) is 5.29. The molecule has 0 atom stereocenters. The number of nitrogens with one attached hydrogen (secondary N) is 1. The van der Waals surface area contributed by atoms with Crippen LogP contribution in [0.3, 0.4) is 0 Å². The van der Waals surface area contributed by atoms with Crippen LogP contribution in [0.5, 0.6) is 0 Å². The molecule has 2 rings (SSSR count). The van der Waals surface area contributed by atoms with Gasteiger partial charge in [0.25, 0.3) is 5.56 Å². The van der Waals surface area contributed by atoms with Crippen molar-refractivity contribution in [2.24, 2.45) is 7.05 Å². The van der Waals surface area contributed by atoms with Crippen molar-refractivity contribution in [1.82, 2.24) is 9.55 Å². The van der Waals surface area contributed by atoms with E-state index in [1.54, 1.807) is 7.05 Å². The van der Waals surface area contributed by atoms with Gasteiger partial charge in [-0.1, -0.05) is 0 Å². The lowest BCUT2D eigenvalue weighted by Gasteiger charge is -2.19. The van der Waals surface area contributed by atoms with Crippen molar-refractivity contribution < 1.29 is 4.79 Å². The number of nitrogens with zero attached hydrogens (tertiary/aromatic N) is 3. The molecular weight excluding hydrogens is 248 g/mol. The quantitative estimate of drug-likeness (QED) is 0.582. The Hall–Kier alpha value is -2.05. The van der Waals surface area contributed by atoms with Gasteiger partial charge in [0.2, 0.25) is 0 Å². The van der Waals surface area contributed by atoms with Crippen LogP contribution in [0, 0.1) is 0 Å². The summed E-state index contributed by atoms with van der Waals surface area (Å²) in [5.74, 6) is 0.655. The number of H-pyrrole nitrogens is 1. The highest BCUT2D eigenvalue weighted by Crippen LogP contribution is 2.29. The van der Waals surface area contributed by atoms with E-state index in [0.29, 0.717) is 24.6 Å². The smallest absolute Gasteiger partial charge is 0.329 e. The Bertz CT molecular complexity index is 590. The summed E-state index contributed by atoms with van der Waals surface area (Å²) in [5.41, 5.74) is -0.231. The third-order valence-electron chi connectivity index (χ3n) is 3.33. The van der Waals surface area contributed by atoms with Crippen LogP contribution in [0.15, 0.2) is 9.59 Å². The molecule has 1 aromatic heterocycles. The molecule has 0 spiro atoms. The van der Waals surface area contributed by atoms with Crippen LogP contribution in [0.1, 0.15) is 19.3 Å². The van der Waals surface area contributed by atoms with Crippen molar-refractivity contribution >= 4 is 17.8 Å². The normalized spacial score (nSPS) is 13.8. The van der Waals surface area contributed by atoms with Crippen LogP contribution in [0.2, 0.25) is 0 Å². The fourth-order valence-electron chi connectivity index (χ4n) is 2.40. The summed E-state index contributed by atoms with van der Waals surface area (Å²) in [6, 6.07) is 0. The van der Waals surface area contributed by atoms with Gasteiger partial charge in [0.1, 0.15) is 17.8 Å². The van der Waals surface area contributed by atoms with Gasteiger partial charge in [0.15, 0.2) is 0 Å². The van der Waals surface area contributed by atoms with Crippen LogP contribution in [0.25, 0.3) is 0 Å². The SMILES string of the molecule is CN1CN(CCCCC=O)c2c1c(=O)[nH]c(=O)n2C. The minimum Gasteiger partial charge on any atom is -0.349 e. The molecule has 0 unspecified atom stereocenters. The van der Waals surface area contributed by atoms with Crippen molar-refractivity contribution in [1.29, 1.82) is 0 Å². The molecule has 0 amide bonds. The van der Waals surface area contributed by atoms with Crippen LogP contribution >= 0.6 is 0 Å². The van der Waals surface area contributed by atoms with Gasteiger partial charge in [0.05, 0.1) is 6.67 Å². The highest BCUT2D eigenvalue weighted by atomic mass is 16.2. The number of hydrogen-bond donors (Lipinski definition) is 1. The minimum atomic E-state index is -0.406. The molecule has 1 aliphatic rings. The van der Waals surface area contributed by atoms with Gasteiger partial charge in [-0.05, 0) is 12.8 Å². The third kappa shape index (κ3) is 2.40. The number of fused-ring (bicyclic) bond motifs is 1. The Morgan fingerprint density at radius 1 is 1.26 bits per heavy atom. The van der Waals surface area contributed by atoms with Crippen LogP contribution in [0.4, 0.5) is 11.5 Å². The predicted molar refractivity (Wildman–Crippen MR) is 72.8 cm³/mol. The summed E-state index contributed by atoms with van der Waals surface area (Å²) in [4.78, 5) is 39.9. The first kappa shape index (κ1) is 13.4. The lowest BCUT2D eigenvalue weighted by Crippen LogP contribution is -2.32. The van der Waals surface area contributed by atoms with Crippen LogP contribution < -0.4 is 21.0 Å². The van der Waals surface area contributed by atoms with Gasteiger partial charge in [-0.3, -0.25) is 14.3 Å². The second-order valence-electron chi connectivity index (χ2n) is 4.76. The maximum atomic E-state index is 11.8. The number of aldehydes is 1. The van der Waals surface area contributed by atoms with Crippen molar-refractivity contribution in [2.75, 3.05) is 30.1 Å². The molecule has 1 aromatic rings. The number of aromatic nitrogens is 2. The summed E-state index contributed by atoms with van der Waals surface area (Å²) < 4.78 is 1.46. The van der Waals surface area contributed by atoms with E-state index >= 15 is 0 Å². The molecule has 2 heterocycles. The number of rotatable bonds is 5. The minimum absolute atomic E-state index is 0.351. The monoisotopic (exact) mass is 266 g/mol. The zero-order chi connectivity index (χ0) is 14.0. The van der Waals surface area contributed by atoms with E-state index in [9.17, 15) is 14.4 Å². The van der Waals surface area contributed by atoms with E-state index in [1.165, 1.54) is 4.57 Å². The van der Waals surface area contributed by atoms with Crippen molar-refractivity contribution in [3.05, 3.63) is 20.8 Å². The van der Waals surface area contributed by atoms with E-state index < -0.39 is 5.69 Å². The lowest BCUT2D eigenvalue weighted by atomic mass is 10.2. The van der Waals surface area contributed by atoms with Crippen LogP contribution in [-0.2, 0) is 11.8 Å². The van der Waals surface area contributed by atoms with E-state index in [1.807, 2.05) is 16.8 Å². The molecule has 1 aliphatic heterocycles. The summed E-state index contributed by atoms with van der Waals surface area (Å²) in [7, 11) is 3.47. The Kier molecular flexibility index (Phi) is 3.73. The topological polar surface area (TPSA) is 78.4 Å². The molecule has 7 heteroatoms. The molecule has 0 radical (unpaired) electrons. The maximum absolute atomic E-state index is 11.8. The van der Waals surface area contributed by atoms with Crippen molar-refractivity contribution in [3.63, 3.8) is 0 Å². The van der Waals surface area contributed by atoms with Crippen molar-refractivity contribution in [3.8, 4) is 0 Å². The van der Waals surface area contributed by atoms with Gasteiger partial charge >= 0.3 is 5.69 Å². The second-order valence-corrected chi connectivity index (χ2v) is 4.76.